The molecule has 0 unspecified atom stereocenters. The summed E-state index contributed by atoms with van der Waals surface area (Å²) in [5, 5.41) is 5.43. The van der Waals surface area contributed by atoms with E-state index in [0.717, 1.165) is 21.3 Å². The number of urea groups is 1. The molecule has 0 spiro atoms. The van der Waals surface area contributed by atoms with E-state index >= 15 is 0 Å². The Morgan fingerprint density at radius 2 is 2.18 bits per heavy atom. The van der Waals surface area contributed by atoms with Gasteiger partial charge in [0, 0.05) is 9.26 Å². The summed E-state index contributed by atoms with van der Waals surface area (Å²) in [5.41, 5.74) is -0.201. The lowest BCUT2D eigenvalue weighted by molar-refractivity contribution is -0.134. The van der Waals surface area contributed by atoms with Gasteiger partial charge in [-0.05, 0) is 66.5 Å². The molecule has 1 aliphatic carbocycles. The van der Waals surface area contributed by atoms with E-state index in [1.54, 1.807) is 13.0 Å². The standard InChI is InChI=1S/C15H16IN3O3/c1-15(9-5-6-9)13(21)19(14(22)18-15)8-12(20)17-11-4-2-3-10(16)7-11/h2-4,7,9H,5-6,8H2,1H3,(H,17,20)(H,18,22)/t15-/m0/s1. The van der Waals surface area contributed by atoms with Crippen LogP contribution in [-0.4, -0.2) is 34.8 Å². The number of hydrogen-bond donors (Lipinski definition) is 2. The van der Waals surface area contributed by atoms with Crippen LogP contribution >= 0.6 is 22.6 Å². The van der Waals surface area contributed by atoms with Crippen molar-refractivity contribution in [2.45, 2.75) is 25.3 Å². The molecule has 1 aromatic carbocycles. The highest BCUT2D eigenvalue weighted by atomic mass is 127. The summed E-state index contributed by atoms with van der Waals surface area (Å²) in [6.07, 6.45) is 1.87. The second-order valence-electron chi connectivity index (χ2n) is 5.86. The molecule has 1 atom stereocenters. The molecule has 4 amide bonds. The molecular formula is C15H16IN3O3. The van der Waals surface area contributed by atoms with Crippen LogP contribution in [0.4, 0.5) is 10.5 Å². The molecule has 7 heteroatoms. The summed E-state index contributed by atoms with van der Waals surface area (Å²) in [6, 6.07) is 6.83. The molecule has 3 rings (SSSR count). The van der Waals surface area contributed by atoms with Crippen LogP contribution in [0.2, 0.25) is 0 Å². The highest BCUT2D eigenvalue weighted by Gasteiger charge is 2.56. The number of rotatable bonds is 4. The Labute approximate surface area is 141 Å². The average Bonchev–Trinajstić information content (AvgIpc) is 3.25. The highest BCUT2D eigenvalue weighted by molar-refractivity contribution is 14.1. The van der Waals surface area contributed by atoms with E-state index < -0.39 is 11.6 Å². The number of nitrogens with zero attached hydrogens (tertiary/aromatic N) is 1. The van der Waals surface area contributed by atoms with Crippen LogP contribution in [-0.2, 0) is 9.59 Å². The maximum Gasteiger partial charge on any atom is 0.325 e. The molecule has 1 heterocycles. The Balaban J connectivity index is 1.66. The summed E-state index contributed by atoms with van der Waals surface area (Å²) in [4.78, 5) is 37.5. The van der Waals surface area contributed by atoms with Crippen LogP contribution < -0.4 is 10.6 Å². The molecule has 116 valence electrons. The van der Waals surface area contributed by atoms with Gasteiger partial charge in [0.15, 0.2) is 0 Å². The van der Waals surface area contributed by atoms with Crippen molar-refractivity contribution in [2.75, 3.05) is 11.9 Å². The predicted molar refractivity (Wildman–Crippen MR) is 89.2 cm³/mol. The van der Waals surface area contributed by atoms with E-state index in [1.807, 2.05) is 18.2 Å². The van der Waals surface area contributed by atoms with Crippen LogP contribution in [0, 0.1) is 9.49 Å². The first kappa shape index (κ1) is 15.3. The van der Waals surface area contributed by atoms with Gasteiger partial charge in [0.25, 0.3) is 5.91 Å². The van der Waals surface area contributed by atoms with E-state index in [0.29, 0.717) is 5.69 Å². The summed E-state index contributed by atoms with van der Waals surface area (Å²) < 4.78 is 0.992. The zero-order valence-corrected chi connectivity index (χ0v) is 14.2. The van der Waals surface area contributed by atoms with E-state index in [2.05, 4.69) is 33.2 Å². The summed E-state index contributed by atoms with van der Waals surface area (Å²) in [5.74, 6) is -0.504. The number of carbonyl (C=O) groups excluding carboxylic acids is 3. The molecule has 2 fully saturated rings. The molecular weight excluding hydrogens is 397 g/mol. The summed E-state index contributed by atoms with van der Waals surface area (Å²) >= 11 is 2.15. The molecule has 2 aliphatic rings. The maximum atomic E-state index is 12.4. The van der Waals surface area contributed by atoms with Gasteiger partial charge < -0.3 is 10.6 Å². The zero-order valence-electron chi connectivity index (χ0n) is 12.1. The number of halogens is 1. The third-order valence-corrected chi connectivity index (χ3v) is 4.78. The molecule has 1 aliphatic heterocycles. The monoisotopic (exact) mass is 413 g/mol. The zero-order chi connectivity index (χ0) is 15.9. The molecule has 1 aromatic rings. The fraction of sp³-hybridized carbons (Fsp3) is 0.400. The minimum Gasteiger partial charge on any atom is -0.324 e. The largest absolute Gasteiger partial charge is 0.325 e. The number of benzene rings is 1. The van der Waals surface area contributed by atoms with Crippen LogP contribution in [0.1, 0.15) is 19.8 Å². The molecule has 0 bridgehead atoms. The summed E-state index contributed by atoms with van der Waals surface area (Å²) in [7, 11) is 0. The van der Waals surface area contributed by atoms with E-state index in [9.17, 15) is 14.4 Å². The molecule has 0 aromatic heterocycles. The number of anilines is 1. The van der Waals surface area contributed by atoms with Crippen molar-refractivity contribution in [2.24, 2.45) is 5.92 Å². The normalized spacial score (nSPS) is 24.4. The van der Waals surface area contributed by atoms with Crippen molar-refractivity contribution in [1.82, 2.24) is 10.2 Å². The predicted octanol–water partition coefficient (Wildman–Crippen LogP) is 1.95. The number of imide groups is 1. The maximum absolute atomic E-state index is 12.4. The Morgan fingerprint density at radius 3 is 2.82 bits per heavy atom. The molecule has 1 saturated carbocycles. The van der Waals surface area contributed by atoms with E-state index in [1.165, 1.54) is 0 Å². The quantitative estimate of drug-likeness (QED) is 0.585. The lowest BCUT2D eigenvalue weighted by Crippen LogP contribution is -2.46. The van der Waals surface area contributed by atoms with Crippen molar-refractivity contribution >= 4 is 46.1 Å². The fourth-order valence-electron chi connectivity index (χ4n) is 2.71. The first-order valence-corrected chi connectivity index (χ1v) is 8.17. The molecule has 2 N–H and O–H groups in total. The second kappa shape index (κ2) is 5.53. The van der Waals surface area contributed by atoms with Gasteiger partial charge in [-0.15, -0.1) is 0 Å². The molecule has 0 radical (unpaired) electrons. The highest BCUT2D eigenvalue weighted by Crippen LogP contribution is 2.42. The van der Waals surface area contributed by atoms with Gasteiger partial charge in [-0.2, -0.15) is 0 Å². The van der Waals surface area contributed by atoms with Gasteiger partial charge in [-0.25, -0.2) is 4.79 Å². The molecule has 22 heavy (non-hydrogen) atoms. The number of nitrogens with one attached hydrogen (secondary N) is 2. The number of amides is 4. The topological polar surface area (TPSA) is 78.5 Å². The second-order valence-corrected chi connectivity index (χ2v) is 7.10. The van der Waals surface area contributed by atoms with Crippen molar-refractivity contribution in [1.29, 1.82) is 0 Å². The number of carbonyl (C=O) groups is 3. The van der Waals surface area contributed by atoms with Crippen molar-refractivity contribution in [3.8, 4) is 0 Å². The number of hydrogen-bond acceptors (Lipinski definition) is 3. The van der Waals surface area contributed by atoms with Crippen molar-refractivity contribution < 1.29 is 14.4 Å². The smallest absolute Gasteiger partial charge is 0.324 e. The van der Waals surface area contributed by atoms with Gasteiger partial charge in [0.05, 0.1) is 0 Å². The third-order valence-electron chi connectivity index (χ3n) is 4.11. The SMILES string of the molecule is C[C@@]1(C2CC2)NC(=O)N(CC(=O)Nc2cccc(I)c2)C1=O. The third kappa shape index (κ3) is 2.81. The Kier molecular flexibility index (Phi) is 3.84. The fourth-order valence-corrected chi connectivity index (χ4v) is 3.25. The minimum atomic E-state index is -0.848. The lowest BCUT2D eigenvalue weighted by Gasteiger charge is -2.20. The van der Waals surface area contributed by atoms with Gasteiger partial charge in [-0.1, -0.05) is 6.07 Å². The van der Waals surface area contributed by atoms with Gasteiger partial charge in [0.1, 0.15) is 12.1 Å². The lowest BCUT2D eigenvalue weighted by atomic mass is 9.96. The van der Waals surface area contributed by atoms with Crippen molar-refractivity contribution in [3.63, 3.8) is 0 Å². The average molecular weight is 413 g/mol. The van der Waals surface area contributed by atoms with Crippen LogP contribution in [0.25, 0.3) is 0 Å². The van der Waals surface area contributed by atoms with Crippen LogP contribution in [0.3, 0.4) is 0 Å². The van der Waals surface area contributed by atoms with E-state index in [-0.39, 0.29) is 24.3 Å². The first-order chi connectivity index (χ1) is 10.4. The summed E-state index contributed by atoms with van der Waals surface area (Å²) in [6.45, 7) is 1.47. The van der Waals surface area contributed by atoms with Gasteiger partial charge >= 0.3 is 6.03 Å². The Bertz CT molecular complexity index is 659. The Hall–Kier alpha value is -1.64. The van der Waals surface area contributed by atoms with E-state index in [4.69, 9.17) is 0 Å². The Morgan fingerprint density at radius 1 is 1.45 bits per heavy atom. The van der Waals surface area contributed by atoms with Crippen molar-refractivity contribution in [3.05, 3.63) is 27.8 Å². The molecule has 6 nitrogen and oxygen atoms in total. The van der Waals surface area contributed by atoms with Crippen LogP contribution in [0.5, 0.6) is 0 Å². The van der Waals surface area contributed by atoms with Crippen LogP contribution in [0.15, 0.2) is 24.3 Å². The van der Waals surface area contributed by atoms with Gasteiger partial charge in [-0.3, -0.25) is 14.5 Å². The minimum absolute atomic E-state index is 0.188. The first-order valence-electron chi connectivity index (χ1n) is 7.09. The van der Waals surface area contributed by atoms with Gasteiger partial charge in [0.2, 0.25) is 5.91 Å². The molecule has 1 saturated heterocycles.